The highest BCUT2D eigenvalue weighted by Gasteiger charge is 2.27. The van der Waals surface area contributed by atoms with Crippen molar-refractivity contribution in [1.82, 2.24) is 9.88 Å². The number of benzene rings is 1. The van der Waals surface area contributed by atoms with Crippen LogP contribution in [0.5, 0.6) is 11.5 Å². The van der Waals surface area contributed by atoms with Gasteiger partial charge in [-0.3, -0.25) is 4.79 Å². The van der Waals surface area contributed by atoms with Gasteiger partial charge in [0.15, 0.2) is 23.0 Å². The Hall–Kier alpha value is -2.98. The minimum atomic E-state index is -2.95. The smallest absolute Gasteiger partial charge is 0.404 e. The molecule has 192 valence electrons. The molecule has 0 spiro atoms. The first kappa shape index (κ1) is 26.6. The first-order valence-corrected chi connectivity index (χ1v) is 13.0. The average Bonchev–Trinajstić information content (AvgIpc) is 3.59. The second kappa shape index (κ2) is 12.6. The first-order chi connectivity index (χ1) is 16.8. The van der Waals surface area contributed by atoms with Crippen molar-refractivity contribution in [3.05, 3.63) is 29.7 Å². The summed E-state index contributed by atoms with van der Waals surface area (Å²) < 4.78 is 45.4. The standard InChI is InChI=1S/C20H24F2N3O4P.C2H5NO2/c21-20(22)29-14-5-4-13(10-15(14)27-12-30-8-9-30)18-24-17(16(11-23)28-18)19(26)25-6-2-1-3-7-25;1-5-2(3)4/h4-5,10,20H,1-3,6-9,11-12,23H2;1H3,(H2,3,4). The van der Waals surface area contributed by atoms with Gasteiger partial charge in [0.1, 0.15) is 6.35 Å². The van der Waals surface area contributed by atoms with Gasteiger partial charge in [0.05, 0.1) is 13.7 Å². The van der Waals surface area contributed by atoms with Gasteiger partial charge in [-0.15, -0.1) is 0 Å². The maximum Gasteiger partial charge on any atom is 0.404 e. The highest BCUT2D eigenvalue weighted by molar-refractivity contribution is 7.65. The molecule has 2 aromatic rings. The summed E-state index contributed by atoms with van der Waals surface area (Å²) in [4.78, 5) is 28.4. The van der Waals surface area contributed by atoms with E-state index in [9.17, 15) is 18.4 Å². The van der Waals surface area contributed by atoms with Crippen LogP contribution in [-0.4, -0.2) is 67.4 Å². The van der Waals surface area contributed by atoms with Crippen molar-refractivity contribution in [2.24, 2.45) is 11.5 Å². The number of carbonyl (C=O) groups is 2. The molecular formula is C22H29F2N4O6P. The van der Waals surface area contributed by atoms with E-state index >= 15 is 0 Å². The molecule has 0 saturated carbocycles. The number of primary amides is 1. The Balaban J connectivity index is 0.000000623. The van der Waals surface area contributed by atoms with Crippen molar-refractivity contribution in [2.75, 3.05) is 38.9 Å². The molecule has 0 aliphatic carbocycles. The van der Waals surface area contributed by atoms with Crippen LogP contribution in [0.1, 0.15) is 35.5 Å². The summed E-state index contributed by atoms with van der Waals surface area (Å²) in [6, 6.07) is 4.50. The molecule has 2 saturated heterocycles. The number of hydrogen-bond acceptors (Lipinski definition) is 8. The second-order valence-corrected chi connectivity index (χ2v) is 10.3. The van der Waals surface area contributed by atoms with Crippen molar-refractivity contribution in [1.29, 1.82) is 0 Å². The summed E-state index contributed by atoms with van der Waals surface area (Å²) in [5.74, 6) is 0.467. The summed E-state index contributed by atoms with van der Waals surface area (Å²) in [6.07, 6.45) is 5.03. The van der Waals surface area contributed by atoms with Gasteiger partial charge in [-0.25, -0.2) is 9.78 Å². The van der Waals surface area contributed by atoms with E-state index in [-0.39, 0.29) is 43.5 Å². The fourth-order valence-corrected chi connectivity index (χ4v) is 4.48. The average molecular weight is 514 g/mol. The van der Waals surface area contributed by atoms with Gasteiger partial charge in [-0.2, -0.15) is 8.78 Å². The van der Waals surface area contributed by atoms with Crippen LogP contribution in [0.4, 0.5) is 13.6 Å². The zero-order valence-electron chi connectivity index (χ0n) is 19.4. The molecule has 1 aromatic heterocycles. The zero-order chi connectivity index (χ0) is 25.4. The number of likely N-dealkylation sites (tertiary alicyclic amines) is 1. The number of nitrogens with two attached hydrogens (primary N) is 2. The lowest BCUT2D eigenvalue weighted by atomic mass is 10.1. The number of hydrogen-bond donors (Lipinski definition) is 2. The number of amides is 2. The molecular weight excluding hydrogens is 485 g/mol. The van der Waals surface area contributed by atoms with Gasteiger partial charge in [-0.1, -0.05) is 7.92 Å². The molecule has 13 heteroatoms. The van der Waals surface area contributed by atoms with E-state index in [1.165, 1.54) is 13.2 Å². The molecule has 0 bridgehead atoms. The van der Waals surface area contributed by atoms with Gasteiger partial charge < -0.3 is 35.0 Å². The third-order valence-corrected chi connectivity index (χ3v) is 6.85. The SMILES string of the molecule is COC(N)=O.NCc1oc(-c2ccc(OC(F)F)c(OCP3CC3)c2)nc1C(=O)N1CCCCC1. The van der Waals surface area contributed by atoms with Crippen LogP contribution >= 0.6 is 7.92 Å². The van der Waals surface area contributed by atoms with E-state index in [0.717, 1.165) is 31.6 Å². The van der Waals surface area contributed by atoms with Gasteiger partial charge in [0, 0.05) is 18.7 Å². The maximum atomic E-state index is 12.9. The van der Waals surface area contributed by atoms with E-state index in [1.54, 1.807) is 17.0 Å². The molecule has 3 heterocycles. The molecule has 1 aromatic carbocycles. The quantitative estimate of drug-likeness (QED) is 0.509. The number of alkyl halides is 2. The number of carbonyl (C=O) groups excluding carboxylic acids is 2. The number of aromatic nitrogens is 1. The summed E-state index contributed by atoms with van der Waals surface area (Å²) in [5.41, 5.74) is 10.9. The summed E-state index contributed by atoms with van der Waals surface area (Å²) in [5, 5.41) is 0. The number of halogens is 2. The Bertz CT molecular complexity index is 1010. The summed E-state index contributed by atoms with van der Waals surface area (Å²) >= 11 is 0. The molecule has 2 aliphatic rings. The van der Waals surface area contributed by atoms with Crippen LogP contribution < -0.4 is 20.9 Å². The highest BCUT2D eigenvalue weighted by Crippen LogP contribution is 2.50. The van der Waals surface area contributed by atoms with Gasteiger partial charge in [0.2, 0.25) is 5.89 Å². The van der Waals surface area contributed by atoms with Crippen molar-refractivity contribution in [3.8, 4) is 23.0 Å². The number of piperidine rings is 1. The van der Waals surface area contributed by atoms with Crippen LogP contribution in [-0.2, 0) is 11.3 Å². The molecule has 0 radical (unpaired) electrons. The van der Waals surface area contributed by atoms with Crippen molar-refractivity contribution >= 4 is 19.9 Å². The zero-order valence-corrected chi connectivity index (χ0v) is 20.3. The second-order valence-electron chi connectivity index (χ2n) is 7.80. The number of rotatable bonds is 8. The minimum absolute atomic E-state index is 0.0299. The fourth-order valence-electron chi connectivity index (χ4n) is 3.34. The Labute approximate surface area is 202 Å². The normalized spacial score (nSPS) is 15.3. The molecule has 4 rings (SSSR count). The van der Waals surface area contributed by atoms with Gasteiger partial charge in [-0.05, 0) is 49.8 Å². The van der Waals surface area contributed by atoms with Crippen molar-refractivity contribution in [2.45, 2.75) is 32.4 Å². The van der Waals surface area contributed by atoms with Crippen molar-refractivity contribution in [3.63, 3.8) is 0 Å². The molecule has 0 unspecified atom stereocenters. The molecule has 10 nitrogen and oxygen atoms in total. The Morgan fingerprint density at radius 1 is 1.20 bits per heavy atom. The van der Waals surface area contributed by atoms with E-state index in [2.05, 4.69) is 20.2 Å². The number of nitrogens with zero attached hydrogens (tertiary/aromatic N) is 2. The van der Waals surface area contributed by atoms with E-state index < -0.39 is 12.7 Å². The Morgan fingerprint density at radius 2 is 1.89 bits per heavy atom. The first-order valence-electron chi connectivity index (χ1n) is 11.1. The van der Waals surface area contributed by atoms with E-state index in [1.807, 2.05) is 0 Å². The van der Waals surface area contributed by atoms with E-state index in [0.29, 0.717) is 30.8 Å². The topological polar surface area (TPSA) is 143 Å². The van der Waals surface area contributed by atoms with Crippen LogP contribution in [0.25, 0.3) is 11.5 Å². The molecule has 4 N–H and O–H groups in total. The lowest BCUT2D eigenvalue weighted by molar-refractivity contribution is -0.0512. The van der Waals surface area contributed by atoms with Crippen LogP contribution in [0, 0.1) is 0 Å². The van der Waals surface area contributed by atoms with Crippen molar-refractivity contribution < 1.29 is 37.0 Å². The predicted octanol–water partition coefficient (Wildman–Crippen LogP) is 3.57. The lowest BCUT2D eigenvalue weighted by Gasteiger charge is -2.25. The molecule has 2 fully saturated rings. The predicted molar refractivity (Wildman–Crippen MR) is 125 cm³/mol. The van der Waals surface area contributed by atoms with E-state index in [4.69, 9.17) is 14.9 Å². The summed E-state index contributed by atoms with van der Waals surface area (Å²) in [6.45, 7) is -1.55. The Kier molecular flexibility index (Phi) is 9.62. The number of methoxy groups -OCH3 is 1. The lowest BCUT2D eigenvalue weighted by Crippen LogP contribution is -2.36. The van der Waals surface area contributed by atoms with Gasteiger partial charge in [0.25, 0.3) is 5.91 Å². The number of oxazole rings is 1. The van der Waals surface area contributed by atoms with Gasteiger partial charge >= 0.3 is 12.7 Å². The largest absolute Gasteiger partial charge is 0.485 e. The fraction of sp³-hybridized carbons (Fsp3) is 0.500. The van der Waals surface area contributed by atoms with Crippen LogP contribution in [0.15, 0.2) is 22.6 Å². The summed E-state index contributed by atoms with van der Waals surface area (Å²) in [7, 11) is 1.06. The molecule has 2 aliphatic heterocycles. The minimum Gasteiger partial charge on any atom is -0.485 e. The molecule has 2 amide bonds. The molecule has 35 heavy (non-hydrogen) atoms. The third-order valence-electron chi connectivity index (χ3n) is 5.28. The maximum absolute atomic E-state index is 12.9. The third kappa shape index (κ3) is 7.76. The van der Waals surface area contributed by atoms with Crippen LogP contribution in [0.2, 0.25) is 0 Å². The Morgan fingerprint density at radius 3 is 2.46 bits per heavy atom. The highest BCUT2D eigenvalue weighted by atomic mass is 31.1. The van der Waals surface area contributed by atoms with Crippen LogP contribution in [0.3, 0.4) is 0 Å². The molecule has 0 atom stereocenters. The number of ether oxygens (including phenoxy) is 3. The monoisotopic (exact) mass is 514 g/mol.